The van der Waals surface area contributed by atoms with Gasteiger partial charge in [0.2, 0.25) is 20.0 Å². The maximum absolute atomic E-state index is 12.2. The average molecular weight is 402 g/mol. The molecule has 2 amide bonds. The minimum absolute atomic E-state index is 0.317. The molecule has 1 aliphatic rings. The van der Waals surface area contributed by atoms with Gasteiger partial charge in [-0.25, -0.2) is 31.7 Å². The van der Waals surface area contributed by atoms with Crippen molar-refractivity contribution in [3.8, 4) is 0 Å². The number of rotatable bonds is 7. The van der Waals surface area contributed by atoms with Crippen LogP contribution in [0, 0.1) is 10.1 Å². The number of urea groups is 1. The van der Waals surface area contributed by atoms with Crippen LogP contribution in [0.1, 0.15) is 13.8 Å². The number of hydrogen-bond donors (Lipinski definition) is 2. The van der Waals surface area contributed by atoms with E-state index in [1.165, 1.54) is 4.90 Å². The molecule has 0 spiro atoms. The van der Waals surface area contributed by atoms with Crippen LogP contribution in [0.5, 0.6) is 0 Å². The summed E-state index contributed by atoms with van der Waals surface area (Å²) >= 11 is 0. The van der Waals surface area contributed by atoms with Crippen molar-refractivity contribution in [3.63, 3.8) is 0 Å². The molecule has 1 aliphatic heterocycles. The van der Waals surface area contributed by atoms with Gasteiger partial charge in [0.15, 0.2) is 11.2 Å². The zero-order chi connectivity index (χ0) is 19.6. The maximum Gasteiger partial charge on any atom is 0.318 e. The van der Waals surface area contributed by atoms with E-state index in [1.807, 2.05) is 0 Å². The second kappa shape index (κ2) is 7.67. The molecule has 0 aromatic rings. The summed E-state index contributed by atoms with van der Waals surface area (Å²) in [5.41, 5.74) is 1.76. The van der Waals surface area contributed by atoms with Crippen molar-refractivity contribution in [2.45, 2.75) is 26.2 Å². The molecule has 1 heterocycles. The first-order valence-corrected chi connectivity index (χ1v) is 10.9. The molecule has 0 unspecified atom stereocenters. The molecular formula is C10H22N6O7S2. The van der Waals surface area contributed by atoms with Crippen LogP contribution in [0.25, 0.3) is 0 Å². The highest BCUT2D eigenvalue weighted by atomic mass is 32.2. The van der Waals surface area contributed by atoms with E-state index in [2.05, 4.69) is 5.32 Å². The van der Waals surface area contributed by atoms with Gasteiger partial charge in [0.05, 0.1) is 19.2 Å². The van der Waals surface area contributed by atoms with Crippen molar-refractivity contribution >= 4 is 26.1 Å². The Labute approximate surface area is 146 Å². The lowest BCUT2D eigenvalue weighted by Gasteiger charge is -2.28. The Morgan fingerprint density at radius 3 is 1.92 bits per heavy atom. The van der Waals surface area contributed by atoms with Crippen LogP contribution < -0.4 is 10.7 Å². The van der Waals surface area contributed by atoms with Gasteiger partial charge in [0.1, 0.15) is 6.17 Å². The Bertz CT molecular complexity index is 720. The molecule has 1 fully saturated rings. The molecule has 1 saturated heterocycles. The zero-order valence-corrected chi connectivity index (χ0v) is 15.9. The summed E-state index contributed by atoms with van der Waals surface area (Å²) in [4.78, 5) is 24.4. The van der Waals surface area contributed by atoms with Crippen LogP contribution in [0.3, 0.4) is 0 Å². The minimum Gasteiger partial charge on any atom is -0.325 e. The topological polar surface area (TPSA) is 162 Å². The number of carbonyl (C=O) groups is 1. The summed E-state index contributed by atoms with van der Waals surface area (Å²) in [6.45, 7) is 3.36. The fourth-order valence-electron chi connectivity index (χ4n) is 2.37. The maximum atomic E-state index is 12.2. The summed E-state index contributed by atoms with van der Waals surface area (Å²) < 4.78 is 49.0. The lowest BCUT2D eigenvalue weighted by atomic mass is 10.4. The minimum atomic E-state index is -4.00. The molecule has 2 N–H and O–H groups in total. The molecule has 13 nitrogen and oxygen atoms in total. The van der Waals surface area contributed by atoms with Crippen molar-refractivity contribution in [1.82, 2.24) is 24.3 Å². The first-order chi connectivity index (χ1) is 11.3. The predicted octanol–water partition coefficient (Wildman–Crippen LogP) is -2.03. The second-order valence-electron chi connectivity index (χ2n) is 5.34. The summed E-state index contributed by atoms with van der Waals surface area (Å²) in [6.07, 6.45) is -1.47. The van der Waals surface area contributed by atoms with E-state index in [9.17, 15) is 31.7 Å². The first-order valence-electron chi connectivity index (χ1n) is 7.22. The van der Waals surface area contributed by atoms with E-state index < -0.39 is 50.1 Å². The fraction of sp³-hybridized carbons (Fsp3) is 0.900. The highest BCUT2D eigenvalue weighted by Crippen LogP contribution is 2.23. The van der Waals surface area contributed by atoms with E-state index in [0.29, 0.717) is 21.7 Å². The van der Waals surface area contributed by atoms with Gasteiger partial charge in [-0.2, -0.15) is 8.61 Å². The van der Waals surface area contributed by atoms with Gasteiger partial charge in [0.25, 0.3) is 0 Å². The SMILES string of the molecule is CCN(CC)C(=O)N[C@@H]1[C@@H](N[N+](=O)[O-])N(S(C)(=O)=O)CN1S(C)(=O)=O. The Morgan fingerprint density at radius 2 is 1.56 bits per heavy atom. The smallest absolute Gasteiger partial charge is 0.318 e. The number of nitro groups is 1. The van der Waals surface area contributed by atoms with Gasteiger partial charge in [-0.1, -0.05) is 0 Å². The summed E-state index contributed by atoms with van der Waals surface area (Å²) in [7, 11) is -7.96. The summed E-state index contributed by atoms with van der Waals surface area (Å²) in [6, 6.07) is -0.672. The lowest BCUT2D eigenvalue weighted by Crippen LogP contribution is -2.60. The standard InChI is InChI=1S/C10H22N6O7S2/c1-5-13(6-2)10(17)11-8-9(12-16(18)19)15(25(4,22)23)7-14(8)24(3,20)21/h8-9,12H,5-7H2,1-4H3,(H,11,17)/t8-,9-/m0/s1. The van der Waals surface area contributed by atoms with Gasteiger partial charge < -0.3 is 10.2 Å². The lowest BCUT2D eigenvalue weighted by molar-refractivity contribution is -0.554. The van der Waals surface area contributed by atoms with Gasteiger partial charge in [-0.05, 0) is 13.8 Å². The molecule has 15 heteroatoms. The number of amides is 2. The molecule has 2 atom stereocenters. The number of nitrogens with zero attached hydrogens (tertiary/aromatic N) is 4. The largest absolute Gasteiger partial charge is 0.325 e. The van der Waals surface area contributed by atoms with Crippen molar-refractivity contribution < 1.29 is 26.7 Å². The molecule has 0 bridgehead atoms. The summed E-state index contributed by atoms with van der Waals surface area (Å²) in [5, 5.41) is 12.2. The molecule has 146 valence electrons. The first kappa shape index (κ1) is 21.3. The van der Waals surface area contributed by atoms with E-state index in [1.54, 1.807) is 19.3 Å². The Balaban J connectivity index is 3.31. The monoisotopic (exact) mass is 402 g/mol. The van der Waals surface area contributed by atoms with Gasteiger partial charge in [-0.3, -0.25) is 0 Å². The van der Waals surface area contributed by atoms with Crippen LogP contribution in [-0.2, 0) is 20.0 Å². The van der Waals surface area contributed by atoms with E-state index >= 15 is 0 Å². The number of hydrazine groups is 1. The third-order valence-electron chi connectivity index (χ3n) is 3.61. The Hall–Kier alpha value is -1.71. The fourth-order valence-corrected chi connectivity index (χ4v) is 4.27. The molecule has 0 aromatic carbocycles. The van der Waals surface area contributed by atoms with Gasteiger partial charge in [-0.15, -0.1) is 5.43 Å². The van der Waals surface area contributed by atoms with E-state index in [-0.39, 0.29) is 0 Å². The van der Waals surface area contributed by atoms with Crippen LogP contribution in [0.2, 0.25) is 0 Å². The third kappa shape index (κ3) is 5.13. The normalized spacial score (nSPS) is 22.6. The highest BCUT2D eigenvalue weighted by molar-refractivity contribution is 7.89. The number of nitrogens with one attached hydrogen (secondary N) is 2. The molecule has 1 rings (SSSR count). The van der Waals surface area contributed by atoms with E-state index in [0.717, 1.165) is 12.5 Å². The van der Waals surface area contributed by atoms with Gasteiger partial charge in [0, 0.05) is 13.1 Å². The quantitative estimate of drug-likeness (QED) is 0.364. The molecule has 0 aromatic heterocycles. The van der Waals surface area contributed by atoms with Crippen LogP contribution in [0.15, 0.2) is 0 Å². The Morgan fingerprint density at radius 1 is 1.12 bits per heavy atom. The number of sulfonamides is 2. The second-order valence-corrected chi connectivity index (χ2v) is 9.21. The molecule has 0 saturated carbocycles. The predicted molar refractivity (Wildman–Crippen MR) is 87.4 cm³/mol. The number of hydrogen-bond acceptors (Lipinski definition) is 7. The molecule has 25 heavy (non-hydrogen) atoms. The van der Waals surface area contributed by atoms with Crippen molar-refractivity contribution in [2.75, 3.05) is 32.3 Å². The van der Waals surface area contributed by atoms with Crippen LogP contribution >= 0.6 is 0 Å². The molecule has 0 radical (unpaired) electrons. The van der Waals surface area contributed by atoms with Crippen molar-refractivity contribution in [3.05, 3.63) is 10.1 Å². The Kier molecular flexibility index (Phi) is 6.55. The van der Waals surface area contributed by atoms with Crippen LogP contribution in [-0.4, -0.2) is 86.0 Å². The van der Waals surface area contributed by atoms with Gasteiger partial charge >= 0.3 is 6.03 Å². The third-order valence-corrected chi connectivity index (χ3v) is 6.00. The number of carbonyl (C=O) groups excluding carboxylic acids is 1. The van der Waals surface area contributed by atoms with Crippen LogP contribution in [0.4, 0.5) is 4.79 Å². The van der Waals surface area contributed by atoms with E-state index in [4.69, 9.17) is 0 Å². The highest BCUT2D eigenvalue weighted by Gasteiger charge is 2.51. The summed E-state index contributed by atoms with van der Waals surface area (Å²) in [5.74, 6) is 0. The molecule has 0 aliphatic carbocycles. The van der Waals surface area contributed by atoms with Crippen molar-refractivity contribution in [1.29, 1.82) is 0 Å². The average Bonchev–Trinajstić information content (AvgIpc) is 2.78. The zero-order valence-electron chi connectivity index (χ0n) is 14.2. The molecular weight excluding hydrogens is 380 g/mol. The van der Waals surface area contributed by atoms with Crippen molar-refractivity contribution in [2.24, 2.45) is 0 Å².